The number of hydrogen-bond donors (Lipinski definition) is 1. The largest absolute Gasteiger partial charge is 0.469 e. The molecule has 0 aromatic carbocycles. The van der Waals surface area contributed by atoms with Gasteiger partial charge in [0.2, 0.25) is 0 Å². The van der Waals surface area contributed by atoms with Gasteiger partial charge in [-0.15, -0.1) is 0 Å². The van der Waals surface area contributed by atoms with Crippen LogP contribution in [0, 0.1) is 5.92 Å². The van der Waals surface area contributed by atoms with Gasteiger partial charge in [-0.1, -0.05) is 12.8 Å². The summed E-state index contributed by atoms with van der Waals surface area (Å²) >= 11 is 0. The van der Waals surface area contributed by atoms with Gasteiger partial charge in [-0.2, -0.15) is 0 Å². The highest BCUT2D eigenvalue weighted by Gasteiger charge is 2.24. The molecule has 2 N–H and O–H groups in total. The monoisotopic (exact) mass is 229 g/mol. The van der Waals surface area contributed by atoms with Crippen LogP contribution in [-0.2, 0) is 14.3 Å². The Hall–Kier alpha value is -0.610. The average Bonchev–Trinajstić information content (AvgIpc) is 2.34. The van der Waals surface area contributed by atoms with Crippen molar-refractivity contribution >= 4 is 5.97 Å². The first kappa shape index (κ1) is 13.5. The van der Waals surface area contributed by atoms with Crippen LogP contribution in [0.5, 0.6) is 0 Å². The van der Waals surface area contributed by atoms with Gasteiger partial charge in [0.25, 0.3) is 0 Å². The number of carbonyl (C=O) groups is 1. The molecule has 4 heteroatoms. The molecular formula is C12H23NO3. The molecule has 0 aromatic heterocycles. The number of nitrogens with two attached hydrogens (primary N) is 1. The topological polar surface area (TPSA) is 61.5 Å². The Morgan fingerprint density at radius 2 is 2.12 bits per heavy atom. The maximum atomic E-state index is 10.9. The Bertz CT molecular complexity index is 208. The highest BCUT2D eigenvalue weighted by Crippen LogP contribution is 2.26. The van der Waals surface area contributed by atoms with Crippen LogP contribution in [0.2, 0.25) is 0 Å². The van der Waals surface area contributed by atoms with Gasteiger partial charge >= 0.3 is 5.97 Å². The highest BCUT2D eigenvalue weighted by molar-refractivity contribution is 5.68. The van der Waals surface area contributed by atoms with Crippen molar-refractivity contribution in [1.82, 2.24) is 0 Å². The van der Waals surface area contributed by atoms with Gasteiger partial charge in [0.1, 0.15) is 0 Å². The van der Waals surface area contributed by atoms with Crippen LogP contribution in [0.15, 0.2) is 0 Å². The first-order valence-electron chi connectivity index (χ1n) is 6.16. The van der Waals surface area contributed by atoms with Gasteiger partial charge in [-0.25, -0.2) is 0 Å². The van der Waals surface area contributed by atoms with E-state index in [0.29, 0.717) is 31.6 Å². The zero-order valence-corrected chi connectivity index (χ0v) is 10.1. The van der Waals surface area contributed by atoms with E-state index in [1.54, 1.807) is 0 Å². The van der Waals surface area contributed by atoms with Crippen molar-refractivity contribution in [3.63, 3.8) is 0 Å². The molecule has 2 atom stereocenters. The van der Waals surface area contributed by atoms with Crippen molar-refractivity contribution in [3.8, 4) is 0 Å². The van der Waals surface area contributed by atoms with Crippen LogP contribution >= 0.6 is 0 Å². The summed E-state index contributed by atoms with van der Waals surface area (Å²) in [6, 6.07) is 0. The summed E-state index contributed by atoms with van der Waals surface area (Å²) in [6.45, 7) is 1.35. The van der Waals surface area contributed by atoms with Crippen LogP contribution in [0.1, 0.15) is 38.5 Å². The molecule has 0 amide bonds. The second kappa shape index (κ2) is 7.63. The van der Waals surface area contributed by atoms with E-state index in [-0.39, 0.29) is 5.97 Å². The number of ether oxygens (including phenoxy) is 2. The van der Waals surface area contributed by atoms with Gasteiger partial charge < -0.3 is 15.2 Å². The molecule has 4 nitrogen and oxygen atoms in total. The maximum Gasteiger partial charge on any atom is 0.305 e. The maximum absolute atomic E-state index is 10.9. The predicted molar refractivity (Wildman–Crippen MR) is 62.0 cm³/mol. The third kappa shape index (κ3) is 4.49. The standard InChI is InChI=1S/C12H23NO3/c1-15-12(14)7-4-8-16-11-6-3-2-5-10(11)9-13/h10-11H,2-9,13H2,1H3. The minimum atomic E-state index is -0.164. The van der Waals surface area contributed by atoms with E-state index in [1.165, 1.54) is 26.4 Å². The Kier molecular flexibility index (Phi) is 6.42. The molecule has 16 heavy (non-hydrogen) atoms. The molecule has 1 saturated carbocycles. The second-order valence-electron chi connectivity index (χ2n) is 4.37. The second-order valence-corrected chi connectivity index (χ2v) is 4.37. The molecule has 1 rings (SSSR count). The minimum Gasteiger partial charge on any atom is -0.469 e. The zero-order valence-electron chi connectivity index (χ0n) is 10.1. The predicted octanol–water partition coefficient (Wildman–Crippen LogP) is 1.47. The van der Waals surface area contributed by atoms with E-state index in [9.17, 15) is 4.79 Å². The summed E-state index contributed by atoms with van der Waals surface area (Å²) in [4.78, 5) is 10.9. The van der Waals surface area contributed by atoms with Crippen molar-refractivity contribution in [1.29, 1.82) is 0 Å². The highest BCUT2D eigenvalue weighted by atomic mass is 16.5. The first-order valence-corrected chi connectivity index (χ1v) is 6.16. The van der Waals surface area contributed by atoms with E-state index < -0.39 is 0 Å². The van der Waals surface area contributed by atoms with Gasteiger partial charge in [-0.3, -0.25) is 4.79 Å². The Morgan fingerprint density at radius 3 is 2.81 bits per heavy atom. The van der Waals surface area contributed by atoms with Gasteiger partial charge in [0.05, 0.1) is 13.2 Å². The third-order valence-electron chi connectivity index (χ3n) is 3.23. The lowest BCUT2D eigenvalue weighted by Crippen LogP contribution is -2.33. The third-order valence-corrected chi connectivity index (χ3v) is 3.23. The van der Waals surface area contributed by atoms with Crippen molar-refractivity contribution in [2.75, 3.05) is 20.3 Å². The number of hydrogen-bond acceptors (Lipinski definition) is 4. The van der Waals surface area contributed by atoms with Crippen LogP contribution in [0.4, 0.5) is 0 Å². The molecule has 94 valence electrons. The quantitative estimate of drug-likeness (QED) is 0.553. The van der Waals surface area contributed by atoms with Crippen molar-refractivity contribution in [3.05, 3.63) is 0 Å². The normalized spacial score (nSPS) is 25.4. The number of rotatable bonds is 6. The smallest absolute Gasteiger partial charge is 0.305 e. The van der Waals surface area contributed by atoms with Crippen molar-refractivity contribution in [2.24, 2.45) is 11.7 Å². The fourth-order valence-electron chi connectivity index (χ4n) is 2.22. The van der Waals surface area contributed by atoms with E-state index in [4.69, 9.17) is 10.5 Å². The first-order chi connectivity index (χ1) is 7.77. The Labute approximate surface area is 97.5 Å². The summed E-state index contributed by atoms with van der Waals surface area (Å²) in [6.07, 6.45) is 6.27. The molecular weight excluding hydrogens is 206 g/mol. The Morgan fingerprint density at radius 1 is 1.38 bits per heavy atom. The fourth-order valence-corrected chi connectivity index (χ4v) is 2.22. The number of carbonyl (C=O) groups excluding carboxylic acids is 1. The number of methoxy groups -OCH3 is 1. The lowest BCUT2D eigenvalue weighted by atomic mass is 9.86. The van der Waals surface area contributed by atoms with E-state index in [2.05, 4.69) is 4.74 Å². The average molecular weight is 229 g/mol. The van der Waals surface area contributed by atoms with Crippen LogP contribution in [-0.4, -0.2) is 32.3 Å². The molecule has 0 heterocycles. The summed E-state index contributed by atoms with van der Waals surface area (Å²) in [5, 5.41) is 0. The van der Waals surface area contributed by atoms with Crippen molar-refractivity contribution in [2.45, 2.75) is 44.6 Å². The zero-order chi connectivity index (χ0) is 11.8. The summed E-state index contributed by atoms with van der Waals surface area (Å²) in [7, 11) is 1.41. The molecule has 0 saturated heterocycles. The van der Waals surface area contributed by atoms with Gasteiger partial charge in [-0.05, 0) is 31.7 Å². The van der Waals surface area contributed by atoms with E-state index >= 15 is 0 Å². The van der Waals surface area contributed by atoms with Crippen LogP contribution < -0.4 is 5.73 Å². The lowest BCUT2D eigenvalue weighted by Gasteiger charge is -2.30. The van der Waals surface area contributed by atoms with Gasteiger partial charge in [0.15, 0.2) is 0 Å². The molecule has 1 aliphatic rings. The minimum absolute atomic E-state index is 0.164. The fraction of sp³-hybridized carbons (Fsp3) is 0.917. The molecule has 2 unspecified atom stereocenters. The van der Waals surface area contributed by atoms with Crippen LogP contribution in [0.3, 0.4) is 0 Å². The number of esters is 1. The van der Waals surface area contributed by atoms with Crippen LogP contribution in [0.25, 0.3) is 0 Å². The lowest BCUT2D eigenvalue weighted by molar-refractivity contribution is -0.141. The molecule has 0 radical (unpaired) electrons. The molecule has 1 aliphatic carbocycles. The van der Waals surface area contributed by atoms with Gasteiger partial charge in [0, 0.05) is 13.0 Å². The Balaban J connectivity index is 2.13. The summed E-state index contributed by atoms with van der Waals surface area (Å²) in [5.41, 5.74) is 5.71. The SMILES string of the molecule is COC(=O)CCCOC1CCCCC1CN. The molecule has 0 spiro atoms. The molecule has 1 fully saturated rings. The van der Waals surface area contributed by atoms with E-state index in [1.807, 2.05) is 0 Å². The van der Waals surface area contributed by atoms with Crippen molar-refractivity contribution < 1.29 is 14.3 Å². The molecule has 0 aromatic rings. The van der Waals surface area contributed by atoms with E-state index in [0.717, 1.165) is 12.8 Å². The summed E-state index contributed by atoms with van der Waals surface area (Å²) in [5.74, 6) is 0.342. The summed E-state index contributed by atoms with van der Waals surface area (Å²) < 4.78 is 10.4. The molecule has 0 bridgehead atoms. The molecule has 0 aliphatic heterocycles.